The van der Waals surface area contributed by atoms with E-state index in [4.69, 9.17) is 5.73 Å². The van der Waals surface area contributed by atoms with Gasteiger partial charge in [-0.25, -0.2) is 0 Å². The first-order valence-corrected chi connectivity index (χ1v) is 8.45. The quantitative estimate of drug-likeness (QED) is 0.743. The highest BCUT2D eigenvalue weighted by Gasteiger charge is 2.37. The van der Waals surface area contributed by atoms with E-state index in [0.717, 1.165) is 11.1 Å². The van der Waals surface area contributed by atoms with Gasteiger partial charge in [0.05, 0.1) is 17.7 Å². The molecule has 2 aromatic rings. The lowest BCUT2D eigenvalue weighted by molar-refractivity contribution is 0.0750. The molecule has 0 aromatic heterocycles. The molecular formula is C20H24Cl2N4O. The fourth-order valence-corrected chi connectivity index (χ4v) is 3.29. The number of nitrogens with zero attached hydrogens (tertiary/aromatic N) is 2. The van der Waals surface area contributed by atoms with Crippen molar-refractivity contribution >= 4 is 36.4 Å². The van der Waals surface area contributed by atoms with Crippen LogP contribution in [0.3, 0.4) is 0 Å². The van der Waals surface area contributed by atoms with Gasteiger partial charge in [0.2, 0.25) is 0 Å². The van der Waals surface area contributed by atoms with E-state index in [2.05, 4.69) is 25.2 Å². The molecule has 0 aliphatic carbocycles. The van der Waals surface area contributed by atoms with Crippen molar-refractivity contribution in [3.05, 3.63) is 64.7 Å². The van der Waals surface area contributed by atoms with Crippen LogP contribution in [0.15, 0.2) is 42.5 Å². The molecule has 144 valence electrons. The maximum Gasteiger partial charge on any atom is 0.255 e. The summed E-state index contributed by atoms with van der Waals surface area (Å²) in [7, 11) is 0. The number of nitriles is 1. The van der Waals surface area contributed by atoms with Crippen LogP contribution in [0.1, 0.15) is 46.9 Å². The molecule has 0 saturated heterocycles. The number of rotatable bonds is 5. The van der Waals surface area contributed by atoms with Gasteiger partial charge in [0.15, 0.2) is 0 Å². The number of nitrogens with two attached hydrogens (primary N) is 1. The van der Waals surface area contributed by atoms with Crippen LogP contribution in [0.4, 0.5) is 5.69 Å². The molecule has 1 unspecified atom stereocenters. The van der Waals surface area contributed by atoms with Crippen molar-refractivity contribution in [1.29, 1.82) is 5.26 Å². The van der Waals surface area contributed by atoms with Crippen LogP contribution >= 0.6 is 24.8 Å². The molecule has 1 atom stereocenters. The van der Waals surface area contributed by atoms with E-state index in [9.17, 15) is 10.1 Å². The minimum Gasteiger partial charge on any atom is -0.398 e. The SMILES string of the molecule is CC(C)NCCN1C(=O)c2ccccc2C1c1cc(C#N)ccc1N.Cl.Cl. The molecule has 0 radical (unpaired) electrons. The summed E-state index contributed by atoms with van der Waals surface area (Å²) in [6, 6.07) is 15.1. The van der Waals surface area contributed by atoms with Crippen molar-refractivity contribution in [3.63, 3.8) is 0 Å². The molecule has 1 amide bonds. The number of benzene rings is 2. The summed E-state index contributed by atoms with van der Waals surface area (Å²) in [5, 5.41) is 12.6. The second-order valence-corrected chi connectivity index (χ2v) is 6.55. The molecule has 27 heavy (non-hydrogen) atoms. The van der Waals surface area contributed by atoms with E-state index >= 15 is 0 Å². The molecule has 1 aliphatic heterocycles. The lowest BCUT2D eigenvalue weighted by Gasteiger charge is -2.27. The first-order chi connectivity index (χ1) is 12.0. The summed E-state index contributed by atoms with van der Waals surface area (Å²) in [6.45, 7) is 5.43. The lowest BCUT2D eigenvalue weighted by atomic mass is 9.95. The number of nitrogen functional groups attached to an aromatic ring is 1. The monoisotopic (exact) mass is 406 g/mol. The first-order valence-electron chi connectivity index (χ1n) is 8.45. The molecular weight excluding hydrogens is 383 g/mol. The van der Waals surface area contributed by atoms with Gasteiger partial charge >= 0.3 is 0 Å². The van der Waals surface area contributed by atoms with Crippen molar-refractivity contribution in [3.8, 4) is 6.07 Å². The topological polar surface area (TPSA) is 82.2 Å². The highest BCUT2D eigenvalue weighted by Crippen LogP contribution is 2.40. The van der Waals surface area contributed by atoms with E-state index in [-0.39, 0.29) is 36.8 Å². The van der Waals surface area contributed by atoms with Crippen LogP contribution in [0.5, 0.6) is 0 Å². The van der Waals surface area contributed by atoms with E-state index in [0.29, 0.717) is 35.9 Å². The fourth-order valence-electron chi connectivity index (χ4n) is 3.29. The molecule has 0 bridgehead atoms. The summed E-state index contributed by atoms with van der Waals surface area (Å²) in [4.78, 5) is 14.8. The van der Waals surface area contributed by atoms with Gasteiger partial charge in [-0.1, -0.05) is 32.0 Å². The van der Waals surface area contributed by atoms with Gasteiger partial charge < -0.3 is 16.0 Å². The molecule has 0 spiro atoms. The third kappa shape index (κ3) is 4.54. The Balaban J connectivity index is 0.00000182. The number of hydrogen-bond donors (Lipinski definition) is 2. The predicted octanol–water partition coefficient (Wildman–Crippen LogP) is 3.53. The smallest absolute Gasteiger partial charge is 0.255 e. The van der Waals surface area contributed by atoms with Crippen LogP contribution in [0, 0.1) is 11.3 Å². The average Bonchev–Trinajstić information content (AvgIpc) is 2.88. The third-order valence-corrected chi connectivity index (χ3v) is 4.47. The molecule has 5 nitrogen and oxygen atoms in total. The van der Waals surface area contributed by atoms with E-state index in [1.54, 1.807) is 18.2 Å². The molecule has 0 fully saturated rings. The van der Waals surface area contributed by atoms with Gasteiger partial charge in [0.25, 0.3) is 5.91 Å². The maximum atomic E-state index is 12.9. The van der Waals surface area contributed by atoms with E-state index < -0.39 is 0 Å². The Morgan fingerprint density at radius 1 is 1.19 bits per heavy atom. The normalized spacial score (nSPS) is 15.0. The van der Waals surface area contributed by atoms with Gasteiger partial charge in [-0.15, -0.1) is 24.8 Å². The highest BCUT2D eigenvalue weighted by molar-refractivity contribution is 6.00. The molecule has 3 N–H and O–H groups in total. The standard InChI is InChI=1S/C20H22N4O.2ClH/c1-13(2)23-9-10-24-19(15-5-3-4-6-16(15)20(24)25)17-11-14(12-21)7-8-18(17)22;;/h3-8,11,13,19,23H,9-10,22H2,1-2H3;2*1H. The number of carbonyl (C=O) groups excluding carboxylic acids is 1. The van der Waals surface area contributed by atoms with Crippen molar-refractivity contribution in [2.24, 2.45) is 0 Å². The van der Waals surface area contributed by atoms with Gasteiger partial charge in [-0.2, -0.15) is 5.26 Å². The predicted molar refractivity (Wildman–Crippen MR) is 113 cm³/mol. The van der Waals surface area contributed by atoms with Gasteiger partial charge in [-0.05, 0) is 29.8 Å². The average molecular weight is 407 g/mol. The van der Waals surface area contributed by atoms with Crippen molar-refractivity contribution in [2.45, 2.75) is 25.9 Å². The number of halogens is 2. The lowest BCUT2D eigenvalue weighted by Crippen LogP contribution is -2.37. The van der Waals surface area contributed by atoms with Crippen molar-refractivity contribution in [2.75, 3.05) is 18.8 Å². The number of nitrogens with one attached hydrogen (secondary N) is 1. The van der Waals surface area contributed by atoms with Crippen LogP contribution in [-0.2, 0) is 0 Å². The largest absolute Gasteiger partial charge is 0.398 e. The number of fused-ring (bicyclic) bond motifs is 1. The minimum absolute atomic E-state index is 0. The fraction of sp³-hybridized carbons (Fsp3) is 0.300. The first kappa shape index (κ1) is 22.8. The number of anilines is 1. The van der Waals surface area contributed by atoms with Crippen molar-refractivity contribution < 1.29 is 4.79 Å². The Morgan fingerprint density at radius 2 is 1.89 bits per heavy atom. The number of amides is 1. The molecule has 0 saturated carbocycles. The Morgan fingerprint density at radius 3 is 2.56 bits per heavy atom. The van der Waals surface area contributed by atoms with Gasteiger partial charge in [0.1, 0.15) is 0 Å². The molecule has 1 aliphatic rings. The van der Waals surface area contributed by atoms with Gasteiger partial charge in [-0.3, -0.25) is 4.79 Å². The molecule has 2 aromatic carbocycles. The molecule has 7 heteroatoms. The number of carbonyl (C=O) groups is 1. The second kappa shape index (κ2) is 9.61. The van der Waals surface area contributed by atoms with Crippen LogP contribution < -0.4 is 11.1 Å². The van der Waals surface area contributed by atoms with Gasteiger partial charge in [0, 0.05) is 35.9 Å². The Labute approximate surface area is 172 Å². The zero-order chi connectivity index (χ0) is 18.0. The zero-order valence-corrected chi connectivity index (χ0v) is 16.9. The minimum atomic E-state index is -0.258. The summed E-state index contributed by atoms with van der Waals surface area (Å²) >= 11 is 0. The Hall–Kier alpha value is -2.26. The number of hydrogen-bond acceptors (Lipinski definition) is 4. The highest BCUT2D eigenvalue weighted by atomic mass is 35.5. The second-order valence-electron chi connectivity index (χ2n) is 6.55. The van der Waals surface area contributed by atoms with Crippen molar-refractivity contribution in [1.82, 2.24) is 10.2 Å². The Bertz CT molecular complexity index is 848. The molecule has 3 rings (SSSR count). The summed E-state index contributed by atoms with van der Waals surface area (Å²) in [5.74, 6) is 0.00733. The summed E-state index contributed by atoms with van der Waals surface area (Å²) in [6.07, 6.45) is 0. The molecule has 1 heterocycles. The maximum absolute atomic E-state index is 12.9. The van der Waals surface area contributed by atoms with E-state index in [1.807, 2.05) is 29.2 Å². The zero-order valence-electron chi connectivity index (χ0n) is 15.3. The summed E-state index contributed by atoms with van der Waals surface area (Å²) in [5.41, 5.74) is 9.80. The Kier molecular flexibility index (Phi) is 8.11. The summed E-state index contributed by atoms with van der Waals surface area (Å²) < 4.78 is 0. The van der Waals surface area contributed by atoms with Crippen LogP contribution in [0.2, 0.25) is 0 Å². The van der Waals surface area contributed by atoms with Crippen LogP contribution in [0.25, 0.3) is 0 Å². The van der Waals surface area contributed by atoms with Crippen LogP contribution in [-0.4, -0.2) is 29.9 Å². The van der Waals surface area contributed by atoms with E-state index in [1.165, 1.54) is 0 Å². The third-order valence-electron chi connectivity index (χ3n) is 4.47.